The van der Waals surface area contributed by atoms with Crippen molar-refractivity contribution in [1.29, 1.82) is 0 Å². The second-order valence-corrected chi connectivity index (χ2v) is 16.9. The molecule has 0 amide bonds. The molecule has 6 unspecified atom stereocenters. The molecular weight excluding hydrogens is 791 g/mol. The molecule has 8 atom stereocenters. The van der Waals surface area contributed by atoms with Crippen LogP contribution in [0, 0.1) is 0 Å². The number of esters is 2. The summed E-state index contributed by atoms with van der Waals surface area (Å²) in [6.45, 7) is 3.19. The second-order valence-electron chi connectivity index (χ2n) is 15.5. The van der Waals surface area contributed by atoms with E-state index in [4.69, 9.17) is 18.5 Å². The van der Waals surface area contributed by atoms with Gasteiger partial charge in [-0.05, 0) is 77.0 Å². The maximum absolute atomic E-state index is 12.8. The van der Waals surface area contributed by atoms with Crippen LogP contribution in [-0.2, 0) is 32.7 Å². The number of carbonyl (C=O) groups is 2. The fraction of sp³-hybridized carbons (Fsp3) is 0.739. The van der Waals surface area contributed by atoms with Gasteiger partial charge in [-0.25, -0.2) is 4.57 Å². The van der Waals surface area contributed by atoms with Crippen LogP contribution in [0.3, 0.4) is 0 Å². The normalized spacial score (nSPS) is 22.7. The van der Waals surface area contributed by atoms with Crippen LogP contribution in [0.15, 0.2) is 60.8 Å². The Morgan fingerprint density at radius 3 is 1.47 bits per heavy atom. The van der Waals surface area contributed by atoms with E-state index in [1.807, 2.05) is 12.2 Å². The number of hydrogen-bond donors (Lipinski definition) is 6. The maximum atomic E-state index is 12.8. The molecule has 14 heteroatoms. The molecule has 0 saturated heterocycles. The number of ether oxygens (including phenoxy) is 2. The number of unbranched alkanes of at least 4 members (excludes halogenated alkanes) is 14. The summed E-state index contributed by atoms with van der Waals surface area (Å²) in [4.78, 5) is 35.6. The highest BCUT2D eigenvalue weighted by molar-refractivity contribution is 7.47. The predicted molar refractivity (Wildman–Crippen MR) is 235 cm³/mol. The van der Waals surface area contributed by atoms with Crippen molar-refractivity contribution >= 4 is 19.8 Å². The molecule has 1 aliphatic carbocycles. The van der Waals surface area contributed by atoms with E-state index in [1.54, 1.807) is 0 Å². The fourth-order valence-electron chi connectivity index (χ4n) is 6.39. The summed E-state index contributed by atoms with van der Waals surface area (Å²) in [5, 5.41) is 50.1. The lowest BCUT2D eigenvalue weighted by Gasteiger charge is -2.41. The van der Waals surface area contributed by atoms with Crippen molar-refractivity contribution in [3.8, 4) is 0 Å². The molecule has 1 fully saturated rings. The van der Waals surface area contributed by atoms with Gasteiger partial charge in [-0.15, -0.1) is 0 Å². The van der Waals surface area contributed by atoms with E-state index < -0.39 is 75.7 Å². The van der Waals surface area contributed by atoms with Crippen LogP contribution in [0.2, 0.25) is 0 Å². The summed E-state index contributed by atoms with van der Waals surface area (Å²) < 4.78 is 33.4. The number of hydrogen-bond acceptors (Lipinski definition) is 12. The molecule has 0 aliphatic heterocycles. The second kappa shape index (κ2) is 36.1. The first-order valence-electron chi connectivity index (χ1n) is 22.6. The molecule has 0 aromatic carbocycles. The topological polar surface area (TPSA) is 210 Å². The van der Waals surface area contributed by atoms with Gasteiger partial charge in [0.1, 0.15) is 43.2 Å². The standard InChI is InChI=1S/C46H79O13P/c1-3-5-7-9-11-13-15-17-19-20-21-23-25-27-29-31-33-35-40(48)58-38(37-57-60(54,55)59-46-44(52)42(50)41(49)43(51)45(46)53)36-56-39(47)34-32-30-28-26-24-22-18-16-14-12-10-8-6-4-2/h11,13,16-19,21,23,27,29,38,41-46,49-53H,3-10,12,14-15,20,22,24-26,28,30-37H2,1-2H3,(H,54,55)/b13-11+,18-16+,19-17+,23-21+,29-27+/t38-,41?,42-,43?,44?,45?,46?/m1/s1. The lowest BCUT2D eigenvalue weighted by Crippen LogP contribution is -2.64. The molecule has 0 aromatic heterocycles. The molecule has 0 spiro atoms. The van der Waals surface area contributed by atoms with Gasteiger partial charge < -0.3 is 39.9 Å². The average Bonchev–Trinajstić information content (AvgIpc) is 3.23. The van der Waals surface area contributed by atoms with Crippen LogP contribution in [0.5, 0.6) is 0 Å². The largest absolute Gasteiger partial charge is 0.472 e. The van der Waals surface area contributed by atoms with Crippen LogP contribution < -0.4 is 0 Å². The van der Waals surface area contributed by atoms with E-state index in [9.17, 15) is 44.6 Å². The van der Waals surface area contributed by atoms with Crippen LogP contribution in [0.25, 0.3) is 0 Å². The lowest BCUT2D eigenvalue weighted by atomic mass is 9.85. The van der Waals surface area contributed by atoms with Crippen molar-refractivity contribution in [2.45, 2.75) is 204 Å². The Labute approximate surface area is 360 Å². The summed E-state index contributed by atoms with van der Waals surface area (Å²) >= 11 is 0. The molecule has 13 nitrogen and oxygen atoms in total. The van der Waals surface area contributed by atoms with E-state index in [2.05, 4.69) is 62.5 Å². The van der Waals surface area contributed by atoms with Gasteiger partial charge in [-0.1, -0.05) is 132 Å². The minimum absolute atomic E-state index is 0.0170. The Hall–Kier alpha value is -2.45. The Morgan fingerprint density at radius 1 is 0.517 bits per heavy atom. The van der Waals surface area contributed by atoms with Gasteiger partial charge in [0, 0.05) is 12.8 Å². The summed E-state index contributed by atoms with van der Waals surface area (Å²) in [5.74, 6) is -1.18. The summed E-state index contributed by atoms with van der Waals surface area (Å²) in [6.07, 6.45) is 30.0. The smallest absolute Gasteiger partial charge is 0.462 e. The van der Waals surface area contributed by atoms with Crippen molar-refractivity contribution in [3.63, 3.8) is 0 Å². The van der Waals surface area contributed by atoms with E-state index in [0.717, 1.165) is 64.2 Å². The SMILES string of the molecule is CCCCC/C=C/C/C=C/C/C=C/C/C=C/CCCC(=O)O[C@H](COC(=O)CCCCCCC/C=C/CCCCCCC)COP(=O)(O)OC1C(O)C(O)C(O)[C@@H](O)C1O. The monoisotopic (exact) mass is 871 g/mol. The van der Waals surface area contributed by atoms with Crippen molar-refractivity contribution in [2.75, 3.05) is 13.2 Å². The minimum Gasteiger partial charge on any atom is -0.462 e. The Bertz CT molecular complexity index is 1280. The van der Waals surface area contributed by atoms with E-state index >= 15 is 0 Å². The zero-order chi connectivity index (χ0) is 44.3. The minimum atomic E-state index is -5.13. The third kappa shape index (κ3) is 28.2. The van der Waals surface area contributed by atoms with Crippen LogP contribution >= 0.6 is 7.82 Å². The Balaban J connectivity index is 2.53. The Kier molecular flexibility index (Phi) is 33.4. The number of phosphoric ester groups is 1. The highest BCUT2D eigenvalue weighted by Crippen LogP contribution is 2.47. The van der Waals surface area contributed by atoms with E-state index in [0.29, 0.717) is 19.3 Å². The van der Waals surface area contributed by atoms with Crippen LogP contribution in [-0.4, -0.2) is 98.3 Å². The highest BCUT2D eigenvalue weighted by Gasteiger charge is 2.51. The molecule has 0 radical (unpaired) electrons. The first-order chi connectivity index (χ1) is 28.9. The number of rotatable bonds is 36. The van der Waals surface area contributed by atoms with Crippen molar-refractivity contribution in [2.24, 2.45) is 0 Å². The quantitative estimate of drug-likeness (QED) is 0.0151. The molecule has 6 N–H and O–H groups in total. The molecule has 346 valence electrons. The first kappa shape index (κ1) is 55.6. The van der Waals surface area contributed by atoms with Crippen molar-refractivity contribution < 1.29 is 63.1 Å². The molecule has 0 aromatic rings. The van der Waals surface area contributed by atoms with Gasteiger partial charge in [0.05, 0.1) is 6.61 Å². The average molecular weight is 871 g/mol. The zero-order valence-electron chi connectivity index (χ0n) is 36.5. The lowest BCUT2D eigenvalue weighted by molar-refractivity contribution is -0.220. The van der Waals surface area contributed by atoms with Crippen molar-refractivity contribution in [3.05, 3.63) is 60.8 Å². The molecule has 1 saturated carbocycles. The highest BCUT2D eigenvalue weighted by atomic mass is 31.2. The Morgan fingerprint density at radius 2 is 0.917 bits per heavy atom. The molecule has 0 bridgehead atoms. The van der Waals surface area contributed by atoms with E-state index in [-0.39, 0.29) is 12.8 Å². The molecule has 1 rings (SSSR count). The number of carbonyl (C=O) groups excluding carboxylic acids is 2. The molecule has 0 heterocycles. The fourth-order valence-corrected chi connectivity index (χ4v) is 7.36. The molecular formula is C46H79O13P. The summed E-state index contributed by atoms with van der Waals surface area (Å²) in [7, 11) is -5.13. The first-order valence-corrected chi connectivity index (χ1v) is 24.1. The van der Waals surface area contributed by atoms with Crippen molar-refractivity contribution in [1.82, 2.24) is 0 Å². The third-order valence-electron chi connectivity index (χ3n) is 10.1. The number of aliphatic hydroxyl groups is 5. The zero-order valence-corrected chi connectivity index (χ0v) is 37.4. The predicted octanol–water partition coefficient (Wildman–Crippen LogP) is 8.55. The van der Waals surface area contributed by atoms with Gasteiger partial charge in [0.15, 0.2) is 6.10 Å². The van der Waals surface area contributed by atoms with Gasteiger partial charge >= 0.3 is 19.8 Å². The summed E-state index contributed by atoms with van der Waals surface area (Å²) in [5.41, 5.74) is 0. The van der Waals surface area contributed by atoms with E-state index in [1.165, 1.54) is 51.4 Å². The van der Waals surface area contributed by atoms with Gasteiger partial charge in [0.2, 0.25) is 0 Å². The van der Waals surface area contributed by atoms with Crippen LogP contribution in [0.1, 0.15) is 162 Å². The van der Waals surface area contributed by atoms with Gasteiger partial charge in [-0.2, -0.15) is 0 Å². The van der Waals surface area contributed by atoms with Gasteiger partial charge in [0.25, 0.3) is 0 Å². The number of allylic oxidation sites excluding steroid dienone is 10. The maximum Gasteiger partial charge on any atom is 0.472 e. The third-order valence-corrected chi connectivity index (χ3v) is 11.1. The molecule has 60 heavy (non-hydrogen) atoms. The number of aliphatic hydroxyl groups excluding tert-OH is 5. The number of phosphoric acid groups is 1. The van der Waals surface area contributed by atoms with Crippen LogP contribution in [0.4, 0.5) is 0 Å². The molecule has 1 aliphatic rings. The van der Waals surface area contributed by atoms with Gasteiger partial charge in [-0.3, -0.25) is 18.6 Å². The summed E-state index contributed by atoms with van der Waals surface area (Å²) in [6, 6.07) is 0.